The van der Waals surface area contributed by atoms with Gasteiger partial charge in [0.25, 0.3) is 11.8 Å². The summed E-state index contributed by atoms with van der Waals surface area (Å²) >= 11 is 0. The molecule has 6 nitrogen and oxygen atoms in total. The topological polar surface area (TPSA) is 73.6 Å². The lowest BCUT2D eigenvalue weighted by atomic mass is 10.1. The minimum absolute atomic E-state index is 0.119. The number of methoxy groups -OCH3 is 1. The number of hydrogen-bond donors (Lipinski definition) is 1. The Morgan fingerprint density at radius 2 is 1.88 bits per heavy atom. The Morgan fingerprint density at radius 1 is 1.12 bits per heavy atom. The zero-order chi connectivity index (χ0) is 18.2. The summed E-state index contributed by atoms with van der Waals surface area (Å²) in [4.78, 5) is 12.1. The standard InChI is InChI=1S/C20H20N2O4/c1-24-17-10-6-5-9-16(17)11-12-21-20(23)18-13-19(22-26-18)25-14-15-7-3-2-4-8-15/h2-10,13H,11-12,14H2,1H3,(H,21,23). The third-order valence-electron chi connectivity index (χ3n) is 3.81. The van der Waals surface area contributed by atoms with Crippen molar-refractivity contribution in [3.8, 4) is 11.6 Å². The number of ether oxygens (including phenoxy) is 2. The Morgan fingerprint density at radius 3 is 2.69 bits per heavy atom. The third kappa shape index (κ3) is 4.63. The van der Waals surface area contributed by atoms with Gasteiger partial charge in [0.15, 0.2) is 0 Å². The highest BCUT2D eigenvalue weighted by Crippen LogP contribution is 2.17. The van der Waals surface area contributed by atoms with Gasteiger partial charge >= 0.3 is 0 Å². The van der Waals surface area contributed by atoms with Gasteiger partial charge in [0, 0.05) is 6.54 Å². The molecule has 0 aliphatic heterocycles. The second-order valence-electron chi connectivity index (χ2n) is 5.62. The number of nitrogens with zero attached hydrogens (tertiary/aromatic N) is 1. The molecule has 2 aromatic carbocycles. The van der Waals surface area contributed by atoms with Crippen LogP contribution < -0.4 is 14.8 Å². The number of carbonyl (C=O) groups excluding carboxylic acids is 1. The Labute approximate surface area is 151 Å². The van der Waals surface area contributed by atoms with E-state index in [1.165, 1.54) is 6.07 Å². The lowest BCUT2D eigenvalue weighted by Crippen LogP contribution is -2.25. The van der Waals surface area contributed by atoms with Gasteiger partial charge in [-0.1, -0.05) is 48.5 Å². The van der Waals surface area contributed by atoms with Gasteiger partial charge in [0.05, 0.1) is 13.2 Å². The normalized spacial score (nSPS) is 10.3. The van der Waals surface area contributed by atoms with Crippen molar-refractivity contribution in [2.24, 2.45) is 0 Å². The quantitative estimate of drug-likeness (QED) is 0.674. The largest absolute Gasteiger partial charge is 0.496 e. The van der Waals surface area contributed by atoms with Crippen molar-refractivity contribution in [2.45, 2.75) is 13.0 Å². The van der Waals surface area contributed by atoms with Crippen LogP contribution in [0, 0.1) is 0 Å². The summed E-state index contributed by atoms with van der Waals surface area (Å²) in [5.74, 6) is 0.872. The molecule has 0 bridgehead atoms. The number of nitrogens with one attached hydrogen (secondary N) is 1. The van der Waals surface area contributed by atoms with Crippen molar-refractivity contribution >= 4 is 5.91 Å². The Kier molecular flexibility index (Phi) is 5.88. The van der Waals surface area contributed by atoms with Crippen LogP contribution in [0.15, 0.2) is 65.2 Å². The predicted octanol–water partition coefficient (Wildman–Crippen LogP) is 3.23. The second kappa shape index (κ2) is 8.71. The van der Waals surface area contributed by atoms with Gasteiger partial charge in [0.1, 0.15) is 12.4 Å². The molecule has 0 fully saturated rings. The Bertz CT molecular complexity index is 846. The van der Waals surface area contributed by atoms with E-state index < -0.39 is 0 Å². The molecule has 1 aromatic heterocycles. The minimum Gasteiger partial charge on any atom is -0.496 e. The highest BCUT2D eigenvalue weighted by atomic mass is 16.5. The fourth-order valence-electron chi connectivity index (χ4n) is 2.47. The molecule has 0 spiro atoms. The average Bonchev–Trinajstić information content (AvgIpc) is 3.17. The van der Waals surface area contributed by atoms with E-state index in [1.807, 2.05) is 54.6 Å². The summed E-state index contributed by atoms with van der Waals surface area (Å²) in [6, 6.07) is 18.9. The fraction of sp³-hybridized carbons (Fsp3) is 0.200. The average molecular weight is 352 g/mol. The van der Waals surface area contributed by atoms with Crippen LogP contribution in [-0.4, -0.2) is 24.7 Å². The summed E-state index contributed by atoms with van der Waals surface area (Å²) in [6.07, 6.45) is 0.654. The van der Waals surface area contributed by atoms with Crippen LogP contribution in [0.25, 0.3) is 0 Å². The van der Waals surface area contributed by atoms with Crippen LogP contribution in [-0.2, 0) is 13.0 Å². The second-order valence-corrected chi connectivity index (χ2v) is 5.62. The number of rotatable bonds is 8. The molecule has 0 aliphatic rings. The fourth-order valence-corrected chi connectivity index (χ4v) is 2.47. The molecule has 0 radical (unpaired) electrons. The van der Waals surface area contributed by atoms with E-state index in [-0.39, 0.29) is 17.5 Å². The van der Waals surface area contributed by atoms with Gasteiger partial charge in [-0.05, 0) is 28.8 Å². The smallest absolute Gasteiger partial charge is 0.290 e. The van der Waals surface area contributed by atoms with Crippen LogP contribution in [0.2, 0.25) is 0 Å². The van der Waals surface area contributed by atoms with Gasteiger partial charge in [0.2, 0.25) is 5.76 Å². The maximum Gasteiger partial charge on any atom is 0.290 e. The Hall–Kier alpha value is -3.28. The van der Waals surface area contributed by atoms with E-state index in [2.05, 4.69) is 10.5 Å². The van der Waals surface area contributed by atoms with Crippen LogP contribution >= 0.6 is 0 Å². The van der Waals surface area contributed by atoms with Crippen molar-refractivity contribution in [1.29, 1.82) is 0 Å². The lowest BCUT2D eigenvalue weighted by molar-refractivity contribution is 0.0916. The molecule has 0 atom stereocenters. The number of hydrogen-bond acceptors (Lipinski definition) is 5. The van der Waals surface area contributed by atoms with Gasteiger partial charge in [-0.2, -0.15) is 0 Å². The monoisotopic (exact) mass is 352 g/mol. The van der Waals surface area contributed by atoms with E-state index in [1.54, 1.807) is 7.11 Å². The van der Waals surface area contributed by atoms with Crippen LogP contribution in [0.1, 0.15) is 21.7 Å². The van der Waals surface area contributed by atoms with Crippen molar-refractivity contribution in [3.63, 3.8) is 0 Å². The maximum absolute atomic E-state index is 12.1. The number of para-hydroxylation sites is 1. The molecule has 6 heteroatoms. The Balaban J connectivity index is 1.48. The summed E-state index contributed by atoms with van der Waals surface area (Å²) in [6.45, 7) is 0.822. The summed E-state index contributed by atoms with van der Waals surface area (Å²) in [7, 11) is 1.63. The molecule has 1 amide bonds. The van der Waals surface area contributed by atoms with Crippen LogP contribution in [0.3, 0.4) is 0 Å². The molecule has 0 saturated carbocycles. The van der Waals surface area contributed by atoms with E-state index in [9.17, 15) is 4.79 Å². The van der Waals surface area contributed by atoms with Crippen molar-refractivity contribution < 1.29 is 18.8 Å². The molecule has 0 saturated heterocycles. The molecule has 3 aromatic rings. The number of benzene rings is 2. The SMILES string of the molecule is COc1ccccc1CCNC(=O)c1cc(OCc2ccccc2)no1. The first-order valence-electron chi connectivity index (χ1n) is 8.30. The maximum atomic E-state index is 12.1. The number of aromatic nitrogens is 1. The highest BCUT2D eigenvalue weighted by molar-refractivity contribution is 5.91. The molecule has 3 rings (SSSR count). The molecular weight excluding hydrogens is 332 g/mol. The number of carbonyl (C=O) groups is 1. The third-order valence-corrected chi connectivity index (χ3v) is 3.81. The molecule has 1 heterocycles. The highest BCUT2D eigenvalue weighted by Gasteiger charge is 2.13. The van der Waals surface area contributed by atoms with Gasteiger partial charge < -0.3 is 19.3 Å². The zero-order valence-electron chi connectivity index (χ0n) is 14.5. The van der Waals surface area contributed by atoms with Crippen molar-refractivity contribution in [3.05, 3.63) is 77.6 Å². The minimum atomic E-state index is -0.332. The molecule has 134 valence electrons. The molecule has 0 unspecified atom stereocenters. The van der Waals surface area contributed by atoms with E-state index >= 15 is 0 Å². The molecular formula is C20H20N2O4. The van der Waals surface area contributed by atoms with Crippen LogP contribution in [0.4, 0.5) is 0 Å². The van der Waals surface area contributed by atoms with E-state index in [0.29, 0.717) is 19.6 Å². The summed E-state index contributed by atoms with van der Waals surface area (Å²) in [5.41, 5.74) is 2.04. The van der Waals surface area contributed by atoms with Crippen molar-refractivity contribution in [1.82, 2.24) is 10.5 Å². The zero-order valence-corrected chi connectivity index (χ0v) is 14.5. The molecule has 0 aliphatic carbocycles. The van der Waals surface area contributed by atoms with Gasteiger partial charge in [-0.15, -0.1) is 0 Å². The lowest BCUT2D eigenvalue weighted by Gasteiger charge is -2.08. The van der Waals surface area contributed by atoms with E-state index in [4.69, 9.17) is 14.0 Å². The van der Waals surface area contributed by atoms with E-state index in [0.717, 1.165) is 16.9 Å². The first-order valence-corrected chi connectivity index (χ1v) is 8.30. The predicted molar refractivity (Wildman–Crippen MR) is 96.3 cm³/mol. The first-order chi connectivity index (χ1) is 12.8. The first kappa shape index (κ1) is 17.5. The van der Waals surface area contributed by atoms with Gasteiger partial charge in [-0.25, -0.2) is 0 Å². The summed E-state index contributed by atoms with van der Waals surface area (Å²) < 4.78 is 15.9. The summed E-state index contributed by atoms with van der Waals surface area (Å²) in [5, 5.41) is 6.57. The molecule has 1 N–H and O–H groups in total. The van der Waals surface area contributed by atoms with Crippen LogP contribution in [0.5, 0.6) is 11.6 Å². The number of amides is 1. The van der Waals surface area contributed by atoms with Crippen molar-refractivity contribution in [2.75, 3.05) is 13.7 Å². The van der Waals surface area contributed by atoms with Gasteiger partial charge in [-0.3, -0.25) is 4.79 Å². The molecule has 26 heavy (non-hydrogen) atoms.